The summed E-state index contributed by atoms with van der Waals surface area (Å²) in [6.45, 7) is 0. The van der Waals surface area contributed by atoms with Crippen LogP contribution in [0.2, 0.25) is 0 Å². The average molecular weight is 785 g/mol. The van der Waals surface area contributed by atoms with Crippen LogP contribution in [0.15, 0.2) is 218 Å². The summed E-state index contributed by atoms with van der Waals surface area (Å²) in [5.74, 6) is 0. The minimum Gasteiger partial charge on any atom is -0.309 e. The third-order valence-electron chi connectivity index (χ3n) is 13.6. The van der Waals surface area contributed by atoms with Crippen LogP contribution in [0.5, 0.6) is 0 Å². The number of rotatable bonds is 4. The highest BCUT2D eigenvalue weighted by molar-refractivity contribution is 6.23. The largest absolute Gasteiger partial charge is 0.309 e. The molecule has 1 aliphatic rings. The predicted octanol–water partition coefficient (Wildman–Crippen LogP) is 16.3. The minimum absolute atomic E-state index is 1.15. The normalized spacial score (nSPS) is 12.2. The van der Waals surface area contributed by atoms with Gasteiger partial charge in [0.25, 0.3) is 0 Å². The molecule has 2 nitrogen and oxygen atoms in total. The second-order valence-corrected chi connectivity index (χ2v) is 16.9. The Morgan fingerprint density at radius 1 is 0.242 bits per heavy atom. The second-order valence-electron chi connectivity index (χ2n) is 16.9. The van der Waals surface area contributed by atoms with Crippen LogP contribution in [-0.2, 0) is 0 Å². The van der Waals surface area contributed by atoms with Crippen molar-refractivity contribution in [3.63, 3.8) is 0 Å². The zero-order chi connectivity index (χ0) is 40.5. The number of hydrogen-bond donors (Lipinski definition) is 0. The minimum atomic E-state index is 1.15. The third-order valence-corrected chi connectivity index (χ3v) is 13.6. The molecule has 0 radical (unpaired) electrons. The zero-order valence-electron chi connectivity index (χ0n) is 33.7. The molecule has 1 aliphatic carbocycles. The van der Waals surface area contributed by atoms with Crippen LogP contribution in [0.3, 0.4) is 0 Å². The van der Waals surface area contributed by atoms with E-state index in [0.29, 0.717) is 0 Å². The van der Waals surface area contributed by atoms with Crippen LogP contribution in [0.1, 0.15) is 0 Å². The van der Waals surface area contributed by atoms with Crippen molar-refractivity contribution >= 4 is 75.9 Å². The summed E-state index contributed by atoms with van der Waals surface area (Å²) in [4.78, 5) is 0. The van der Waals surface area contributed by atoms with Crippen LogP contribution in [0, 0.1) is 0 Å². The standard InChI is InChI=1S/C60H36N2/c1-2-14-44(15-3-1)62-55-30-25-40(34-52(55)51-29-23-39-12-5-7-17-47(39)60(51)62)41-26-31-56-54(35-41)59-46-16-6-4-11-38(46)24-32-57(59)61(56)45-27-21-37(22-28-45)43-33-42-13-10-20-50-48-18-8-9-19-49(48)53(36-43)58(42)50/h1-36H. The van der Waals surface area contributed by atoms with Gasteiger partial charge in [0, 0.05) is 38.3 Å². The Bertz CT molecular complexity index is 4010. The molecule has 286 valence electrons. The van der Waals surface area contributed by atoms with E-state index in [1.165, 1.54) is 126 Å². The van der Waals surface area contributed by atoms with Gasteiger partial charge in [0.05, 0.1) is 22.1 Å². The lowest BCUT2D eigenvalue weighted by Crippen LogP contribution is -1.94. The van der Waals surface area contributed by atoms with E-state index in [2.05, 4.69) is 228 Å². The molecule has 0 unspecified atom stereocenters. The highest BCUT2D eigenvalue weighted by Crippen LogP contribution is 2.49. The van der Waals surface area contributed by atoms with Crippen molar-refractivity contribution in [2.75, 3.05) is 0 Å². The fraction of sp³-hybridized carbons (Fsp3) is 0. The number of nitrogens with zero attached hydrogens (tertiary/aromatic N) is 2. The van der Waals surface area contributed by atoms with E-state index in [0.717, 1.165) is 5.69 Å². The molecule has 0 spiro atoms. The van der Waals surface area contributed by atoms with Gasteiger partial charge in [-0.05, 0) is 138 Å². The number of hydrogen-bond acceptors (Lipinski definition) is 0. The van der Waals surface area contributed by atoms with Crippen molar-refractivity contribution in [3.05, 3.63) is 218 Å². The predicted molar refractivity (Wildman–Crippen MR) is 263 cm³/mol. The molecule has 11 aromatic carbocycles. The maximum atomic E-state index is 2.45. The second kappa shape index (κ2) is 12.7. The summed E-state index contributed by atoms with van der Waals surface area (Å²) in [6, 6.07) is 81.0. The van der Waals surface area contributed by atoms with Crippen LogP contribution in [0.25, 0.3) is 132 Å². The van der Waals surface area contributed by atoms with Gasteiger partial charge in [-0.3, -0.25) is 0 Å². The number of benzene rings is 11. The first-order valence-corrected chi connectivity index (χ1v) is 21.5. The monoisotopic (exact) mass is 784 g/mol. The van der Waals surface area contributed by atoms with E-state index in [1.54, 1.807) is 0 Å². The van der Waals surface area contributed by atoms with Gasteiger partial charge >= 0.3 is 0 Å². The van der Waals surface area contributed by atoms with Crippen molar-refractivity contribution in [2.24, 2.45) is 0 Å². The van der Waals surface area contributed by atoms with Crippen LogP contribution < -0.4 is 0 Å². The molecule has 0 atom stereocenters. The molecular formula is C60H36N2. The highest BCUT2D eigenvalue weighted by atomic mass is 15.0. The number of para-hydroxylation sites is 1. The Kier molecular flexibility index (Phi) is 6.86. The van der Waals surface area contributed by atoms with Crippen molar-refractivity contribution in [3.8, 4) is 55.9 Å². The van der Waals surface area contributed by atoms with Gasteiger partial charge in [-0.15, -0.1) is 0 Å². The molecule has 0 aliphatic heterocycles. The highest BCUT2D eigenvalue weighted by Gasteiger charge is 2.23. The van der Waals surface area contributed by atoms with Gasteiger partial charge in [-0.1, -0.05) is 152 Å². The molecule has 0 bridgehead atoms. The molecule has 0 saturated heterocycles. The molecule has 2 heteroatoms. The Balaban J connectivity index is 0.939. The summed E-state index contributed by atoms with van der Waals surface area (Å²) in [5.41, 5.74) is 17.4. The van der Waals surface area contributed by atoms with Crippen LogP contribution in [0.4, 0.5) is 0 Å². The molecule has 0 N–H and O–H groups in total. The van der Waals surface area contributed by atoms with Crippen LogP contribution >= 0.6 is 0 Å². The Morgan fingerprint density at radius 3 is 1.63 bits per heavy atom. The first-order valence-electron chi connectivity index (χ1n) is 21.5. The first kappa shape index (κ1) is 33.6. The lowest BCUT2D eigenvalue weighted by atomic mass is 9.96. The number of fused-ring (bicyclic) bond motifs is 13. The van der Waals surface area contributed by atoms with Crippen molar-refractivity contribution in [1.82, 2.24) is 9.13 Å². The lowest BCUT2D eigenvalue weighted by Gasteiger charge is -2.12. The summed E-state index contributed by atoms with van der Waals surface area (Å²) in [6.07, 6.45) is 0. The molecule has 13 aromatic rings. The number of aromatic nitrogens is 2. The lowest BCUT2D eigenvalue weighted by molar-refractivity contribution is 1.18. The fourth-order valence-corrected chi connectivity index (χ4v) is 10.8. The van der Waals surface area contributed by atoms with E-state index in [9.17, 15) is 0 Å². The van der Waals surface area contributed by atoms with E-state index >= 15 is 0 Å². The molecule has 2 aromatic heterocycles. The van der Waals surface area contributed by atoms with Gasteiger partial charge in [0.15, 0.2) is 0 Å². The van der Waals surface area contributed by atoms with Crippen LogP contribution in [-0.4, -0.2) is 9.13 Å². The maximum Gasteiger partial charge on any atom is 0.0619 e. The van der Waals surface area contributed by atoms with E-state index < -0.39 is 0 Å². The smallest absolute Gasteiger partial charge is 0.0619 e. The summed E-state index contributed by atoms with van der Waals surface area (Å²) in [7, 11) is 0. The molecular weight excluding hydrogens is 749 g/mol. The van der Waals surface area contributed by atoms with E-state index in [1.807, 2.05) is 0 Å². The van der Waals surface area contributed by atoms with Gasteiger partial charge in [0.1, 0.15) is 0 Å². The topological polar surface area (TPSA) is 9.86 Å². The molecule has 0 amide bonds. The van der Waals surface area contributed by atoms with Gasteiger partial charge < -0.3 is 9.13 Å². The Labute approximate surface area is 357 Å². The first-order chi connectivity index (χ1) is 30.7. The molecule has 0 fully saturated rings. The zero-order valence-corrected chi connectivity index (χ0v) is 33.7. The molecule has 0 saturated carbocycles. The van der Waals surface area contributed by atoms with Gasteiger partial charge in [-0.2, -0.15) is 0 Å². The maximum absolute atomic E-state index is 2.45. The third kappa shape index (κ3) is 4.69. The Morgan fingerprint density at radius 2 is 0.823 bits per heavy atom. The summed E-state index contributed by atoms with van der Waals surface area (Å²) >= 11 is 0. The van der Waals surface area contributed by atoms with Gasteiger partial charge in [0.2, 0.25) is 0 Å². The summed E-state index contributed by atoms with van der Waals surface area (Å²) < 4.78 is 4.89. The molecule has 14 rings (SSSR count). The van der Waals surface area contributed by atoms with Crippen molar-refractivity contribution in [1.29, 1.82) is 0 Å². The quantitative estimate of drug-likeness (QED) is 0.168. The SMILES string of the molecule is c1ccc(-n2c3ccc(-c4ccc5c(c4)c4c6ccccc6ccc4n5-c4ccc(-c5cc6c7c(cccc7c5)-c5ccccc5-6)cc4)cc3c3ccc4ccccc4c32)cc1. The fourth-order valence-electron chi connectivity index (χ4n) is 10.8. The Hall–Kier alpha value is -8.20. The summed E-state index contributed by atoms with van der Waals surface area (Å²) in [5, 5.41) is 12.7. The van der Waals surface area contributed by atoms with E-state index in [4.69, 9.17) is 0 Å². The van der Waals surface area contributed by atoms with E-state index in [-0.39, 0.29) is 0 Å². The van der Waals surface area contributed by atoms with Crippen molar-refractivity contribution in [2.45, 2.75) is 0 Å². The molecule has 2 heterocycles. The van der Waals surface area contributed by atoms with Gasteiger partial charge in [-0.25, -0.2) is 0 Å². The average Bonchev–Trinajstić information content (AvgIpc) is 3.98. The van der Waals surface area contributed by atoms with Crippen molar-refractivity contribution < 1.29 is 0 Å². The molecule has 62 heavy (non-hydrogen) atoms.